The lowest BCUT2D eigenvalue weighted by atomic mass is 10.2. The summed E-state index contributed by atoms with van der Waals surface area (Å²) in [6.07, 6.45) is 0. The molecule has 1 aromatic heterocycles. The van der Waals surface area contributed by atoms with Crippen molar-refractivity contribution in [3.05, 3.63) is 39.6 Å². The Morgan fingerprint density at radius 3 is 2.48 bits per heavy atom. The fourth-order valence-electron chi connectivity index (χ4n) is 2.84. The lowest BCUT2D eigenvalue weighted by Crippen LogP contribution is -2.48. The van der Waals surface area contributed by atoms with Gasteiger partial charge in [0.1, 0.15) is 0 Å². The fraction of sp³-hybridized carbons (Fsp3) is 0.400. The molecule has 0 unspecified atom stereocenters. The summed E-state index contributed by atoms with van der Waals surface area (Å²) in [6, 6.07) is 5.38. The van der Waals surface area contributed by atoms with Gasteiger partial charge in [-0.05, 0) is 24.6 Å². The van der Waals surface area contributed by atoms with Crippen LogP contribution in [0.1, 0.15) is 11.3 Å². The standard InChI is InChI=1S/C15H18Cl2N4O3S/c1-10-14(15(18)19-24-10)25(22,23)21-6-4-20(5-7-21)9-11-2-3-12(16)8-13(11)17/h2-3,8H,4-7,9H2,1H3,(H2,18,19). The molecule has 0 radical (unpaired) electrons. The van der Waals surface area contributed by atoms with Crippen molar-refractivity contribution < 1.29 is 12.9 Å². The first kappa shape index (κ1) is 18.5. The maximum Gasteiger partial charge on any atom is 0.250 e. The molecule has 1 saturated heterocycles. The number of hydrogen-bond donors (Lipinski definition) is 1. The minimum Gasteiger partial charge on any atom is -0.380 e. The third-order valence-corrected chi connectivity index (χ3v) is 6.82. The zero-order valence-electron chi connectivity index (χ0n) is 13.6. The van der Waals surface area contributed by atoms with Crippen molar-refractivity contribution in [1.29, 1.82) is 0 Å². The van der Waals surface area contributed by atoms with E-state index in [0.29, 0.717) is 42.8 Å². The molecule has 0 aliphatic carbocycles. The van der Waals surface area contributed by atoms with Gasteiger partial charge in [-0.15, -0.1) is 0 Å². The number of halogens is 2. The van der Waals surface area contributed by atoms with Gasteiger partial charge in [0.25, 0.3) is 0 Å². The van der Waals surface area contributed by atoms with Crippen molar-refractivity contribution in [2.75, 3.05) is 31.9 Å². The number of nitrogens with two attached hydrogens (primary N) is 1. The Balaban J connectivity index is 1.67. The maximum atomic E-state index is 12.7. The van der Waals surface area contributed by atoms with Crippen molar-refractivity contribution in [3.8, 4) is 0 Å². The average Bonchev–Trinajstić information content (AvgIpc) is 2.90. The van der Waals surface area contributed by atoms with Gasteiger partial charge in [-0.3, -0.25) is 4.90 Å². The van der Waals surface area contributed by atoms with E-state index in [2.05, 4.69) is 10.1 Å². The number of nitrogens with zero attached hydrogens (tertiary/aromatic N) is 3. The summed E-state index contributed by atoms with van der Waals surface area (Å²) < 4.78 is 31.8. The number of piperazine rings is 1. The van der Waals surface area contributed by atoms with Crippen LogP contribution in [0.5, 0.6) is 0 Å². The van der Waals surface area contributed by atoms with Crippen LogP contribution in [0.25, 0.3) is 0 Å². The first-order valence-corrected chi connectivity index (χ1v) is 9.87. The van der Waals surface area contributed by atoms with Gasteiger partial charge in [0.2, 0.25) is 10.0 Å². The van der Waals surface area contributed by atoms with E-state index < -0.39 is 10.0 Å². The highest BCUT2D eigenvalue weighted by atomic mass is 35.5. The Morgan fingerprint density at radius 1 is 1.24 bits per heavy atom. The Labute approximate surface area is 156 Å². The molecule has 0 bridgehead atoms. The minimum atomic E-state index is -3.71. The summed E-state index contributed by atoms with van der Waals surface area (Å²) in [5.74, 6) is 0.0979. The van der Waals surface area contributed by atoms with Crippen molar-refractivity contribution in [3.63, 3.8) is 0 Å². The molecule has 0 saturated carbocycles. The Kier molecular flexibility index (Phi) is 5.26. The average molecular weight is 405 g/mol. The number of rotatable bonds is 4. The van der Waals surface area contributed by atoms with Gasteiger partial charge in [-0.2, -0.15) is 4.31 Å². The van der Waals surface area contributed by atoms with E-state index in [9.17, 15) is 8.42 Å². The van der Waals surface area contributed by atoms with Crippen LogP contribution in [-0.2, 0) is 16.6 Å². The Morgan fingerprint density at radius 2 is 1.92 bits per heavy atom. The van der Waals surface area contributed by atoms with Crippen LogP contribution in [-0.4, -0.2) is 49.0 Å². The predicted octanol–water partition coefficient (Wildman–Crippen LogP) is 2.38. The molecule has 0 atom stereocenters. The number of anilines is 1. The van der Waals surface area contributed by atoms with Gasteiger partial charge in [0.05, 0.1) is 0 Å². The number of hydrogen-bond acceptors (Lipinski definition) is 6. The van der Waals surface area contributed by atoms with Crippen LogP contribution >= 0.6 is 23.2 Å². The molecular formula is C15H18Cl2N4O3S. The summed E-state index contributed by atoms with van der Waals surface area (Å²) in [5, 5.41) is 4.72. The number of nitrogen functional groups attached to an aromatic ring is 1. The topological polar surface area (TPSA) is 92.7 Å². The fourth-order valence-corrected chi connectivity index (χ4v) is 4.92. The molecule has 1 aliphatic heterocycles. The van der Waals surface area contributed by atoms with Crippen LogP contribution in [0.15, 0.2) is 27.6 Å². The molecule has 136 valence electrons. The molecule has 25 heavy (non-hydrogen) atoms. The monoisotopic (exact) mass is 404 g/mol. The second-order valence-corrected chi connectivity index (χ2v) is 8.59. The molecule has 1 aromatic carbocycles. The second kappa shape index (κ2) is 7.13. The van der Waals surface area contributed by atoms with E-state index >= 15 is 0 Å². The van der Waals surface area contributed by atoms with Gasteiger partial charge in [-0.25, -0.2) is 8.42 Å². The molecule has 2 aromatic rings. The summed E-state index contributed by atoms with van der Waals surface area (Å²) >= 11 is 12.1. The summed E-state index contributed by atoms with van der Waals surface area (Å²) in [4.78, 5) is 2.10. The van der Waals surface area contributed by atoms with Crippen LogP contribution < -0.4 is 5.73 Å². The lowest BCUT2D eigenvalue weighted by molar-refractivity contribution is 0.181. The van der Waals surface area contributed by atoms with Crippen LogP contribution in [0.3, 0.4) is 0 Å². The van der Waals surface area contributed by atoms with E-state index in [4.69, 9.17) is 33.5 Å². The quantitative estimate of drug-likeness (QED) is 0.840. The lowest BCUT2D eigenvalue weighted by Gasteiger charge is -2.34. The van der Waals surface area contributed by atoms with E-state index in [1.807, 2.05) is 6.07 Å². The molecule has 1 aliphatic rings. The van der Waals surface area contributed by atoms with Gasteiger partial charge in [-0.1, -0.05) is 34.4 Å². The minimum absolute atomic E-state index is 0.0401. The molecule has 7 nitrogen and oxygen atoms in total. The van der Waals surface area contributed by atoms with Crippen LogP contribution in [0.4, 0.5) is 5.82 Å². The van der Waals surface area contributed by atoms with Crippen molar-refractivity contribution in [2.24, 2.45) is 0 Å². The molecule has 0 spiro atoms. The maximum absolute atomic E-state index is 12.7. The van der Waals surface area contributed by atoms with Crippen LogP contribution in [0.2, 0.25) is 10.0 Å². The number of aromatic nitrogens is 1. The van der Waals surface area contributed by atoms with Crippen LogP contribution in [0, 0.1) is 6.92 Å². The zero-order chi connectivity index (χ0) is 18.2. The van der Waals surface area contributed by atoms with Gasteiger partial charge in [0, 0.05) is 42.8 Å². The Bertz CT molecular complexity index is 857. The molecule has 2 heterocycles. The van der Waals surface area contributed by atoms with Crippen molar-refractivity contribution >= 4 is 39.0 Å². The smallest absolute Gasteiger partial charge is 0.250 e. The predicted molar refractivity (Wildman–Crippen MR) is 96.2 cm³/mol. The molecule has 2 N–H and O–H groups in total. The first-order chi connectivity index (χ1) is 11.8. The highest BCUT2D eigenvalue weighted by Gasteiger charge is 2.33. The number of aryl methyl sites for hydroxylation is 1. The summed E-state index contributed by atoms with van der Waals surface area (Å²) in [6.45, 7) is 4.06. The van der Waals surface area contributed by atoms with E-state index in [0.717, 1.165) is 5.56 Å². The summed E-state index contributed by atoms with van der Waals surface area (Å²) in [7, 11) is -3.71. The number of sulfonamides is 1. The van der Waals surface area contributed by atoms with E-state index in [-0.39, 0.29) is 16.5 Å². The highest BCUT2D eigenvalue weighted by Crippen LogP contribution is 2.27. The number of benzene rings is 1. The van der Waals surface area contributed by atoms with Crippen molar-refractivity contribution in [2.45, 2.75) is 18.4 Å². The molecular weight excluding hydrogens is 387 g/mol. The molecule has 1 fully saturated rings. The van der Waals surface area contributed by atoms with Gasteiger partial charge in [0.15, 0.2) is 16.5 Å². The molecule has 3 rings (SSSR count). The highest BCUT2D eigenvalue weighted by molar-refractivity contribution is 7.89. The van der Waals surface area contributed by atoms with Crippen molar-refractivity contribution in [1.82, 2.24) is 14.4 Å². The second-order valence-electron chi connectivity index (χ2n) is 5.87. The third kappa shape index (κ3) is 3.78. The SMILES string of the molecule is Cc1onc(N)c1S(=O)(=O)N1CCN(Cc2ccc(Cl)cc2Cl)CC1. The molecule has 10 heteroatoms. The Hall–Kier alpha value is -1.32. The van der Waals surface area contributed by atoms with E-state index in [1.54, 1.807) is 12.1 Å². The summed E-state index contributed by atoms with van der Waals surface area (Å²) in [5.41, 5.74) is 6.61. The zero-order valence-corrected chi connectivity index (χ0v) is 15.9. The molecule has 0 amide bonds. The normalized spacial score (nSPS) is 17.1. The largest absolute Gasteiger partial charge is 0.380 e. The van der Waals surface area contributed by atoms with Gasteiger partial charge < -0.3 is 10.3 Å². The van der Waals surface area contributed by atoms with E-state index in [1.165, 1.54) is 11.2 Å². The third-order valence-electron chi connectivity index (χ3n) is 4.17. The van der Waals surface area contributed by atoms with Gasteiger partial charge >= 0.3 is 0 Å². The first-order valence-electron chi connectivity index (χ1n) is 7.67.